The van der Waals surface area contributed by atoms with Gasteiger partial charge >= 0.3 is 5.97 Å². The van der Waals surface area contributed by atoms with Gasteiger partial charge in [0.25, 0.3) is 5.91 Å². The van der Waals surface area contributed by atoms with E-state index in [-0.39, 0.29) is 25.0 Å². The summed E-state index contributed by atoms with van der Waals surface area (Å²) in [5, 5.41) is 3.87. The number of nitrogens with one attached hydrogen (secondary N) is 2. The van der Waals surface area contributed by atoms with Crippen LogP contribution in [0.1, 0.15) is 43.5 Å². The van der Waals surface area contributed by atoms with Crippen LogP contribution in [0.2, 0.25) is 0 Å². The van der Waals surface area contributed by atoms with Gasteiger partial charge in [-0.1, -0.05) is 56.3 Å². The van der Waals surface area contributed by atoms with Crippen LogP contribution < -0.4 is 5.32 Å². The molecule has 2 aromatic carbocycles. The number of ether oxygens (including phenoxy) is 1. The monoisotopic (exact) mass is 392 g/mol. The lowest BCUT2D eigenvalue weighted by atomic mass is 10.00. The van der Waals surface area contributed by atoms with Crippen LogP contribution in [0.4, 0.5) is 0 Å². The average Bonchev–Trinajstić information content (AvgIpc) is 3.09. The number of aromatic nitrogens is 1. The molecule has 5 nitrogen and oxygen atoms in total. The first-order chi connectivity index (χ1) is 13.9. The van der Waals surface area contributed by atoms with Gasteiger partial charge in [0.1, 0.15) is 0 Å². The molecule has 2 N–H and O–H groups in total. The molecule has 1 heterocycles. The number of fused-ring (bicyclic) bond motifs is 1. The predicted molar refractivity (Wildman–Crippen MR) is 115 cm³/mol. The van der Waals surface area contributed by atoms with E-state index in [9.17, 15) is 9.59 Å². The van der Waals surface area contributed by atoms with E-state index in [4.69, 9.17) is 4.74 Å². The zero-order chi connectivity index (χ0) is 20.8. The lowest BCUT2D eigenvalue weighted by Gasteiger charge is -2.15. The quantitative estimate of drug-likeness (QED) is 0.561. The van der Waals surface area contributed by atoms with Gasteiger partial charge in [0.2, 0.25) is 0 Å². The van der Waals surface area contributed by atoms with Crippen LogP contribution in [0.5, 0.6) is 0 Å². The summed E-state index contributed by atoms with van der Waals surface area (Å²) in [5.41, 5.74) is 4.15. The van der Waals surface area contributed by atoms with E-state index < -0.39 is 5.97 Å². The highest BCUT2D eigenvalue weighted by Gasteiger charge is 2.14. The summed E-state index contributed by atoms with van der Waals surface area (Å²) in [6, 6.07) is 15.9. The van der Waals surface area contributed by atoms with Crippen molar-refractivity contribution in [2.24, 2.45) is 5.92 Å². The van der Waals surface area contributed by atoms with Crippen LogP contribution in [0.3, 0.4) is 0 Å². The second-order valence-electron chi connectivity index (χ2n) is 7.83. The number of hydrogen-bond donors (Lipinski definition) is 2. The molecule has 1 amide bonds. The third-order valence-electron chi connectivity index (χ3n) is 4.88. The predicted octanol–water partition coefficient (Wildman–Crippen LogP) is 4.33. The van der Waals surface area contributed by atoms with Crippen molar-refractivity contribution in [3.63, 3.8) is 0 Å². The van der Waals surface area contributed by atoms with Crippen molar-refractivity contribution >= 4 is 22.8 Å². The fourth-order valence-electron chi connectivity index (χ4n) is 3.41. The largest absolute Gasteiger partial charge is 0.455 e. The van der Waals surface area contributed by atoms with E-state index in [1.54, 1.807) is 6.20 Å². The topological polar surface area (TPSA) is 71.2 Å². The van der Waals surface area contributed by atoms with Crippen molar-refractivity contribution in [3.05, 3.63) is 71.4 Å². The van der Waals surface area contributed by atoms with Crippen molar-refractivity contribution in [2.75, 3.05) is 6.61 Å². The summed E-state index contributed by atoms with van der Waals surface area (Å²) < 4.78 is 5.16. The number of H-pyrrole nitrogens is 1. The molecule has 0 unspecified atom stereocenters. The van der Waals surface area contributed by atoms with Gasteiger partial charge in [-0.25, -0.2) is 0 Å². The molecule has 152 valence electrons. The maximum Gasteiger partial charge on any atom is 0.310 e. The highest BCUT2D eigenvalue weighted by Crippen LogP contribution is 2.18. The molecule has 0 fully saturated rings. The summed E-state index contributed by atoms with van der Waals surface area (Å²) in [5.74, 6) is -0.122. The number of benzene rings is 2. The molecular weight excluding hydrogens is 364 g/mol. The van der Waals surface area contributed by atoms with Gasteiger partial charge in [-0.05, 0) is 42.0 Å². The van der Waals surface area contributed by atoms with E-state index in [2.05, 4.69) is 36.3 Å². The molecule has 5 heteroatoms. The second-order valence-corrected chi connectivity index (χ2v) is 7.83. The smallest absolute Gasteiger partial charge is 0.310 e. The number of hydrogen-bond acceptors (Lipinski definition) is 3. The first kappa shape index (κ1) is 20.6. The number of esters is 1. The van der Waals surface area contributed by atoms with Crippen LogP contribution in [0.15, 0.2) is 54.7 Å². The number of rotatable bonds is 8. The van der Waals surface area contributed by atoms with Crippen molar-refractivity contribution in [1.29, 1.82) is 0 Å². The third kappa shape index (κ3) is 5.70. The molecule has 0 spiro atoms. The van der Waals surface area contributed by atoms with Crippen LogP contribution in [-0.4, -0.2) is 23.5 Å². The number of carbonyl (C=O) groups is 2. The molecule has 0 saturated carbocycles. The zero-order valence-electron chi connectivity index (χ0n) is 17.2. The minimum atomic E-state index is -0.421. The molecule has 0 aliphatic rings. The van der Waals surface area contributed by atoms with Crippen LogP contribution in [0, 0.1) is 5.92 Å². The average molecular weight is 392 g/mol. The Hall–Kier alpha value is -3.08. The number of amides is 1. The summed E-state index contributed by atoms with van der Waals surface area (Å²) in [6.45, 7) is 6.02. The maximum absolute atomic E-state index is 12.2. The Labute approximate surface area is 171 Å². The van der Waals surface area contributed by atoms with E-state index in [1.807, 2.05) is 43.3 Å². The van der Waals surface area contributed by atoms with Gasteiger partial charge in [0.15, 0.2) is 6.61 Å². The fourth-order valence-corrected chi connectivity index (χ4v) is 3.41. The number of para-hydroxylation sites is 1. The molecule has 0 aliphatic heterocycles. The fraction of sp³-hybridized carbons (Fsp3) is 0.333. The minimum Gasteiger partial charge on any atom is -0.455 e. The van der Waals surface area contributed by atoms with Gasteiger partial charge in [0, 0.05) is 17.1 Å². The molecule has 1 atom stereocenters. The third-order valence-corrected chi connectivity index (χ3v) is 4.88. The Morgan fingerprint density at radius 1 is 1.03 bits per heavy atom. The normalized spacial score (nSPS) is 12.1. The van der Waals surface area contributed by atoms with E-state index >= 15 is 0 Å². The lowest BCUT2D eigenvalue weighted by molar-refractivity contribution is -0.148. The van der Waals surface area contributed by atoms with Crippen molar-refractivity contribution < 1.29 is 14.3 Å². The van der Waals surface area contributed by atoms with Gasteiger partial charge in [-0.15, -0.1) is 0 Å². The first-order valence-corrected chi connectivity index (χ1v) is 10.0. The Morgan fingerprint density at radius 2 is 1.76 bits per heavy atom. The standard InChI is InChI=1S/C24H28N2O3/c1-16(2)12-18-8-10-19(11-9-18)17(3)26-23(27)15-29-24(28)13-20-14-25-22-7-5-4-6-21(20)22/h4-11,14,16-17,25H,12-13,15H2,1-3H3,(H,26,27)/t17-/m1/s1. The minimum absolute atomic E-state index is 0.129. The van der Waals surface area contributed by atoms with Gasteiger partial charge in [-0.2, -0.15) is 0 Å². The molecule has 0 aliphatic carbocycles. The maximum atomic E-state index is 12.2. The summed E-state index contributed by atoms with van der Waals surface area (Å²) in [6.07, 6.45) is 2.97. The number of aromatic amines is 1. The van der Waals surface area contributed by atoms with E-state index in [0.717, 1.165) is 28.5 Å². The molecule has 29 heavy (non-hydrogen) atoms. The molecule has 1 aromatic heterocycles. The molecule has 3 rings (SSSR count). The first-order valence-electron chi connectivity index (χ1n) is 10.0. The Bertz CT molecular complexity index is 973. The number of carbonyl (C=O) groups excluding carboxylic acids is 2. The summed E-state index contributed by atoms with van der Waals surface area (Å²) >= 11 is 0. The Kier molecular flexibility index (Phi) is 6.70. The molecule has 0 bridgehead atoms. The van der Waals surface area contributed by atoms with E-state index in [1.165, 1.54) is 5.56 Å². The van der Waals surface area contributed by atoms with E-state index in [0.29, 0.717) is 5.92 Å². The van der Waals surface area contributed by atoms with Crippen LogP contribution in [-0.2, 0) is 27.2 Å². The zero-order valence-corrected chi connectivity index (χ0v) is 17.2. The van der Waals surface area contributed by atoms with Gasteiger partial charge in [0.05, 0.1) is 12.5 Å². The van der Waals surface area contributed by atoms with Crippen molar-refractivity contribution in [2.45, 2.75) is 39.7 Å². The SMILES string of the molecule is CC(C)Cc1ccc([C@@H](C)NC(=O)COC(=O)Cc2c[nH]c3ccccc23)cc1. The van der Waals surface area contributed by atoms with Gasteiger partial charge in [-0.3, -0.25) is 9.59 Å². The molecule has 0 radical (unpaired) electrons. The lowest BCUT2D eigenvalue weighted by Crippen LogP contribution is -2.31. The van der Waals surface area contributed by atoms with Crippen LogP contribution in [0.25, 0.3) is 10.9 Å². The highest BCUT2D eigenvalue weighted by atomic mass is 16.5. The highest BCUT2D eigenvalue weighted by molar-refractivity contribution is 5.88. The molecular formula is C24H28N2O3. The Balaban J connectivity index is 1.47. The van der Waals surface area contributed by atoms with Gasteiger partial charge < -0.3 is 15.0 Å². The summed E-state index contributed by atoms with van der Waals surface area (Å²) in [7, 11) is 0. The molecule has 0 saturated heterocycles. The van der Waals surface area contributed by atoms with Crippen molar-refractivity contribution in [3.8, 4) is 0 Å². The summed E-state index contributed by atoms with van der Waals surface area (Å²) in [4.78, 5) is 27.4. The molecule has 3 aromatic rings. The van der Waals surface area contributed by atoms with Crippen LogP contribution >= 0.6 is 0 Å². The van der Waals surface area contributed by atoms with Crippen molar-refractivity contribution in [1.82, 2.24) is 10.3 Å². The second kappa shape index (κ2) is 9.41. The Morgan fingerprint density at radius 3 is 2.48 bits per heavy atom.